The van der Waals surface area contributed by atoms with Gasteiger partial charge in [-0.15, -0.1) is 0 Å². The van der Waals surface area contributed by atoms with Crippen molar-refractivity contribution in [3.8, 4) is 0 Å². The van der Waals surface area contributed by atoms with Crippen LogP contribution in [0.15, 0.2) is 23.4 Å². The lowest BCUT2D eigenvalue weighted by Crippen LogP contribution is -2.54. The van der Waals surface area contributed by atoms with Crippen molar-refractivity contribution >= 4 is 16.0 Å². The van der Waals surface area contributed by atoms with Crippen molar-refractivity contribution in [2.45, 2.75) is 36.1 Å². The normalized spacial score (nSPS) is 18.6. The quantitative estimate of drug-likeness (QED) is 0.723. The van der Waals surface area contributed by atoms with Crippen LogP contribution in [0.5, 0.6) is 0 Å². The second-order valence-electron chi connectivity index (χ2n) is 4.36. The molecule has 0 spiro atoms. The fourth-order valence-corrected chi connectivity index (χ4v) is 3.46. The van der Waals surface area contributed by atoms with Gasteiger partial charge in [0.1, 0.15) is 0 Å². The molecule has 0 radical (unpaired) electrons. The highest BCUT2D eigenvalue weighted by molar-refractivity contribution is 7.89. The number of rotatable bonds is 5. The van der Waals surface area contributed by atoms with Crippen LogP contribution in [-0.2, 0) is 14.8 Å². The minimum Gasteiger partial charge on any atom is -0.481 e. The summed E-state index contributed by atoms with van der Waals surface area (Å²) >= 11 is 0. The van der Waals surface area contributed by atoms with Crippen molar-refractivity contribution in [2.24, 2.45) is 0 Å². The maximum atomic E-state index is 12.0. The second-order valence-corrected chi connectivity index (χ2v) is 6.04. The summed E-state index contributed by atoms with van der Waals surface area (Å²) in [6, 6.07) is 1.44. The fourth-order valence-electron chi connectivity index (χ4n) is 2.03. The van der Waals surface area contributed by atoms with Crippen LogP contribution in [0, 0.1) is 0 Å². The second kappa shape index (κ2) is 4.15. The summed E-state index contributed by atoms with van der Waals surface area (Å²) in [5, 5.41) is 8.80. The molecule has 7 heteroatoms. The Balaban J connectivity index is 2.17. The summed E-state index contributed by atoms with van der Waals surface area (Å²) in [5.41, 5.74) is -0.804. The first-order chi connectivity index (χ1) is 7.94. The van der Waals surface area contributed by atoms with E-state index in [1.54, 1.807) is 0 Å². The average Bonchev–Trinajstić information content (AvgIpc) is 2.66. The number of nitrogens with one attached hydrogen (secondary N) is 2. The summed E-state index contributed by atoms with van der Waals surface area (Å²) in [6.45, 7) is 0. The Morgan fingerprint density at radius 2 is 2.24 bits per heavy atom. The number of aliphatic carboxylic acids is 1. The third-order valence-electron chi connectivity index (χ3n) is 3.03. The summed E-state index contributed by atoms with van der Waals surface area (Å²) in [5.74, 6) is -0.985. The molecule has 0 aliphatic heterocycles. The number of hydrogen-bond acceptors (Lipinski definition) is 3. The van der Waals surface area contributed by atoms with Gasteiger partial charge in [0.2, 0.25) is 10.0 Å². The molecule has 0 amide bonds. The molecule has 1 aliphatic carbocycles. The van der Waals surface area contributed by atoms with E-state index in [1.807, 2.05) is 0 Å². The van der Waals surface area contributed by atoms with E-state index in [2.05, 4.69) is 9.71 Å². The van der Waals surface area contributed by atoms with Gasteiger partial charge in [0.05, 0.1) is 11.3 Å². The van der Waals surface area contributed by atoms with Crippen molar-refractivity contribution < 1.29 is 18.3 Å². The molecule has 1 aliphatic rings. The minimum atomic E-state index is -3.63. The standard InChI is InChI=1S/C10H14N2O4S/c13-9(14)6-10(3-1-4-10)12-17(15,16)8-2-5-11-7-8/h2,5,7,11-12H,1,3-4,6H2,(H,13,14). The van der Waals surface area contributed by atoms with Crippen LogP contribution in [0.4, 0.5) is 0 Å². The van der Waals surface area contributed by atoms with E-state index in [9.17, 15) is 13.2 Å². The van der Waals surface area contributed by atoms with Crippen LogP contribution in [0.25, 0.3) is 0 Å². The molecule has 0 aromatic carbocycles. The van der Waals surface area contributed by atoms with Crippen LogP contribution >= 0.6 is 0 Å². The average molecular weight is 258 g/mol. The van der Waals surface area contributed by atoms with E-state index >= 15 is 0 Å². The minimum absolute atomic E-state index is 0.133. The van der Waals surface area contributed by atoms with Gasteiger partial charge < -0.3 is 10.1 Å². The maximum absolute atomic E-state index is 12.0. The molecule has 0 bridgehead atoms. The van der Waals surface area contributed by atoms with Crippen LogP contribution in [-0.4, -0.2) is 30.0 Å². The van der Waals surface area contributed by atoms with E-state index in [0.717, 1.165) is 6.42 Å². The van der Waals surface area contributed by atoms with Gasteiger partial charge in [-0.05, 0) is 25.3 Å². The number of sulfonamides is 1. The van der Waals surface area contributed by atoms with Crippen molar-refractivity contribution in [1.29, 1.82) is 0 Å². The van der Waals surface area contributed by atoms with Crippen LogP contribution < -0.4 is 4.72 Å². The van der Waals surface area contributed by atoms with Gasteiger partial charge in [0.15, 0.2) is 0 Å². The molecule has 0 saturated heterocycles. The molecule has 17 heavy (non-hydrogen) atoms. The maximum Gasteiger partial charge on any atom is 0.305 e. The van der Waals surface area contributed by atoms with Crippen molar-refractivity contribution in [2.75, 3.05) is 0 Å². The van der Waals surface area contributed by atoms with Gasteiger partial charge in [-0.2, -0.15) is 0 Å². The van der Waals surface area contributed by atoms with Crippen LogP contribution in [0.3, 0.4) is 0 Å². The predicted octanol–water partition coefficient (Wildman–Crippen LogP) is 0.690. The highest BCUT2D eigenvalue weighted by Crippen LogP contribution is 2.36. The number of carboxylic acid groups (broad SMARTS) is 1. The zero-order valence-electron chi connectivity index (χ0n) is 9.14. The van der Waals surface area contributed by atoms with E-state index in [0.29, 0.717) is 12.8 Å². The van der Waals surface area contributed by atoms with E-state index in [-0.39, 0.29) is 11.3 Å². The zero-order valence-corrected chi connectivity index (χ0v) is 9.96. The van der Waals surface area contributed by atoms with E-state index < -0.39 is 21.5 Å². The topological polar surface area (TPSA) is 99.3 Å². The van der Waals surface area contributed by atoms with Crippen LogP contribution in [0.2, 0.25) is 0 Å². The van der Waals surface area contributed by atoms with Crippen molar-refractivity contribution in [3.63, 3.8) is 0 Å². The van der Waals surface area contributed by atoms with Crippen molar-refractivity contribution in [1.82, 2.24) is 9.71 Å². The fraction of sp³-hybridized carbons (Fsp3) is 0.500. The molecule has 1 aromatic rings. The van der Waals surface area contributed by atoms with Gasteiger partial charge in [-0.25, -0.2) is 13.1 Å². The summed E-state index contributed by atoms with van der Waals surface area (Å²) in [4.78, 5) is 13.5. The molecule has 1 aromatic heterocycles. The van der Waals surface area contributed by atoms with Crippen LogP contribution in [0.1, 0.15) is 25.7 Å². The number of aromatic nitrogens is 1. The molecule has 0 unspecified atom stereocenters. The molecule has 1 fully saturated rings. The molecule has 1 heterocycles. The molecule has 0 atom stereocenters. The number of carboxylic acids is 1. The molecular weight excluding hydrogens is 244 g/mol. The number of H-pyrrole nitrogens is 1. The first-order valence-electron chi connectivity index (χ1n) is 5.32. The third-order valence-corrected chi connectivity index (χ3v) is 4.61. The summed E-state index contributed by atoms with van der Waals surface area (Å²) in [6.07, 6.45) is 4.71. The molecule has 2 rings (SSSR count). The monoisotopic (exact) mass is 258 g/mol. The molecule has 3 N–H and O–H groups in total. The van der Waals surface area contributed by atoms with E-state index in [1.165, 1.54) is 18.5 Å². The SMILES string of the molecule is O=C(O)CC1(NS(=O)(=O)c2cc[nH]c2)CCC1. The Kier molecular flexibility index (Phi) is 2.96. The number of carbonyl (C=O) groups is 1. The van der Waals surface area contributed by atoms with Crippen molar-refractivity contribution in [3.05, 3.63) is 18.5 Å². The third kappa shape index (κ3) is 2.50. The highest BCUT2D eigenvalue weighted by atomic mass is 32.2. The predicted molar refractivity (Wildman–Crippen MR) is 59.9 cm³/mol. The first kappa shape index (κ1) is 12.1. The lowest BCUT2D eigenvalue weighted by Gasteiger charge is -2.40. The first-order valence-corrected chi connectivity index (χ1v) is 6.80. The summed E-state index contributed by atoms with van der Waals surface area (Å²) in [7, 11) is -3.63. The Labute approximate surface area is 99.1 Å². The zero-order chi connectivity index (χ0) is 12.5. The van der Waals surface area contributed by atoms with Gasteiger partial charge in [0.25, 0.3) is 0 Å². The Morgan fingerprint density at radius 1 is 1.53 bits per heavy atom. The largest absolute Gasteiger partial charge is 0.481 e. The smallest absolute Gasteiger partial charge is 0.305 e. The lowest BCUT2D eigenvalue weighted by atomic mass is 9.75. The highest BCUT2D eigenvalue weighted by Gasteiger charge is 2.42. The summed E-state index contributed by atoms with van der Waals surface area (Å²) < 4.78 is 26.4. The lowest BCUT2D eigenvalue weighted by molar-refractivity contribution is -0.139. The van der Waals surface area contributed by atoms with Gasteiger partial charge in [0, 0.05) is 17.9 Å². The Bertz CT molecular complexity index is 502. The Hall–Kier alpha value is -1.34. The van der Waals surface area contributed by atoms with Gasteiger partial charge in [-0.3, -0.25) is 4.79 Å². The Morgan fingerprint density at radius 3 is 2.65 bits per heavy atom. The van der Waals surface area contributed by atoms with E-state index in [4.69, 9.17) is 5.11 Å². The number of hydrogen-bond donors (Lipinski definition) is 3. The van der Waals surface area contributed by atoms with Gasteiger partial charge >= 0.3 is 5.97 Å². The molecule has 94 valence electrons. The molecule has 1 saturated carbocycles. The molecule has 6 nitrogen and oxygen atoms in total. The van der Waals surface area contributed by atoms with Gasteiger partial charge in [-0.1, -0.05) is 0 Å². The number of aromatic amines is 1. The molecular formula is C10H14N2O4S.